The van der Waals surface area contributed by atoms with Crippen LogP contribution in [0, 0.1) is 0 Å². The van der Waals surface area contributed by atoms with Crippen molar-refractivity contribution in [1.82, 2.24) is 0 Å². The monoisotopic (exact) mass is 430 g/mol. The van der Waals surface area contributed by atoms with Gasteiger partial charge >= 0.3 is 7.12 Å². The maximum Gasteiger partial charge on any atom is 0.505 e. The third-order valence-corrected chi connectivity index (χ3v) is 8.19. The summed E-state index contributed by atoms with van der Waals surface area (Å²) < 4.78 is 13.5. The van der Waals surface area contributed by atoms with E-state index in [0.717, 1.165) is 4.78 Å². The van der Waals surface area contributed by atoms with Crippen LogP contribution in [0.25, 0.3) is 12.2 Å². The lowest BCUT2D eigenvalue weighted by molar-refractivity contribution is 0.00578. The molecule has 2 aromatic heterocycles. The van der Waals surface area contributed by atoms with Crippen LogP contribution >= 0.6 is 22.7 Å². The van der Waals surface area contributed by atoms with Crippen molar-refractivity contribution in [3.05, 3.63) is 38.9 Å². The molecule has 29 heavy (non-hydrogen) atoms. The Morgan fingerprint density at radius 2 is 1.38 bits per heavy atom. The van der Waals surface area contributed by atoms with E-state index in [9.17, 15) is 0 Å². The minimum absolute atomic E-state index is 0.266. The van der Waals surface area contributed by atoms with Crippen LogP contribution in [0.1, 0.15) is 87.8 Å². The third-order valence-electron chi connectivity index (χ3n) is 6.00. The van der Waals surface area contributed by atoms with E-state index >= 15 is 0 Å². The lowest BCUT2D eigenvalue weighted by Gasteiger charge is -2.32. The summed E-state index contributed by atoms with van der Waals surface area (Å²) in [6.07, 6.45) is 13.8. The van der Waals surface area contributed by atoms with Gasteiger partial charge in [-0.3, -0.25) is 0 Å². The van der Waals surface area contributed by atoms with Crippen LogP contribution in [0.2, 0.25) is 0 Å². The minimum atomic E-state index is -0.291. The normalized spacial score (nSPS) is 18.2. The first kappa shape index (κ1) is 22.8. The largest absolute Gasteiger partial charge is 0.505 e. The fraction of sp³-hybridized carbons (Fsp3) is 0.583. The third kappa shape index (κ3) is 6.07. The topological polar surface area (TPSA) is 18.5 Å². The quantitative estimate of drug-likeness (QED) is 0.294. The highest BCUT2D eigenvalue weighted by Crippen LogP contribution is 2.37. The van der Waals surface area contributed by atoms with Gasteiger partial charge in [-0.15, -0.1) is 22.7 Å². The summed E-state index contributed by atoms with van der Waals surface area (Å²) in [4.78, 5) is 4.07. The Balaban J connectivity index is 1.50. The van der Waals surface area contributed by atoms with Crippen molar-refractivity contribution in [2.75, 3.05) is 0 Å². The summed E-state index contributed by atoms with van der Waals surface area (Å²) in [6, 6.07) is 8.83. The second kappa shape index (κ2) is 9.95. The van der Waals surface area contributed by atoms with Crippen molar-refractivity contribution in [1.29, 1.82) is 0 Å². The van der Waals surface area contributed by atoms with Crippen molar-refractivity contribution in [2.45, 2.75) is 90.8 Å². The lowest BCUT2D eigenvalue weighted by Crippen LogP contribution is -2.41. The number of rotatable bonds is 10. The number of aryl methyl sites for hydroxylation is 1. The highest BCUT2D eigenvalue weighted by Gasteiger charge is 2.52. The van der Waals surface area contributed by atoms with Crippen molar-refractivity contribution in [2.24, 2.45) is 0 Å². The SMILES string of the molecule is CCCCCCCCc1ccc(C=Cc2ccc(B3OC(C)(C)C(C)(C)O3)s2)s1. The molecule has 1 aliphatic heterocycles. The molecule has 0 aromatic carbocycles. The van der Waals surface area contributed by atoms with Gasteiger partial charge in [-0.2, -0.15) is 0 Å². The van der Waals surface area contributed by atoms with Crippen molar-refractivity contribution >= 4 is 46.7 Å². The van der Waals surface area contributed by atoms with E-state index in [4.69, 9.17) is 9.31 Å². The van der Waals surface area contributed by atoms with Crippen LogP contribution in [0.4, 0.5) is 0 Å². The zero-order valence-electron chi connectivity index (χ0n) is 18.6. The molecule has 158 valence electrons. The fourth-order valence-corrected chi connectivity index (χ4v) is 5.24. The maximum absolute atomic E-state index is 6.16. The van der Waals surface area contributed by atoms with E-state index in [1.807, 2.05) is 11.3 Å². The first-order chi connectivity index (χ1) is 13.8. The second-order valence-corrected chi connectivity index (χ2v) is 11.3. The summed E-state index contributed by atoms with van der Waals surface area (Å²) in [5, 5.41) is 0. The molecule has 0 radical (unpaired) electrons. The molecule has 0 saturated carbocycles. The number of hydrogen-bond acceptors (Lipinski definition) is 4. The lowest BCUT2D eigenvalue weighted by atomic mass is 9.88. The Morgan fingerprint density at radius 1 is 0.793 bits per heavy atom. The molecule has 2 aromatic rings. The Morgan fingerprint density at radius 3 is 2.07 bits per heavy atom. The zero-order valence-corrected chi connectivity index (χ0v) is 20.3. The molecule has 0 bridgehead atoms. The molecule has 0 N–H and O–H groups in total. The molecule has 3 rings (SSSR count). The van der Waals surface area contributed by atoms with E-state index in [-0.39, 0.29) is 18.3 Å². The molecule has 0 amide bonds. The average molecular weight is 430 g/mol. The predicted octanol–water partition coefficient (Wildman–Crippen LogP) is 7.18. The van der Waals surface area contributed by atoms with E-state index in [1.165, 1.54) is 59.6 Å². The molecule has 5 heteroatoms. The van der Waals surface area contributed by atoms with E-state index in [0.29, 0.717) is 0 Å². The highest BCUT2D eigenvalue weighted by molar-refractivity contribution is 7.23. The molecule has 0 aliphatic carbocycles. The predicted molar refractivity (Wildman–Crippen MR) is 130 cm³/mol. The Bertz CT molecular complexity index is 787. The van der Waals surface area contributed by atoms with Crippen molar-refractivity contribution in [3.63, 3.8) is 0 Å². The molecule has 2 nitrogen and oxygen atoms in total. The van der Waals surface area contributed by atoms with Gasteiger partial charge in [0.2, 0.25) is 0 Å². The van der Waals surface area contributed by atoms with Gasteiger partial charge in [0.1, 0.15) is 0 Å². The Labute approximate surface area is 185 Å². The second-order valence-electron chi connectivity index (χ2n) is 8.98. The van der Waals surface area contributed by atoms with Gasteiger partial charge in [0.05, 0.1) is 11.2 Å². The minimum Gasteiger partial charge on any atom is -0.399 e. The number of hydrogen-bond donors (Lipinski definition) is 0. The van der Waals surface area contributed by atoms with E-state index < -0.39 is 0 Å². The molecule has 0 spiro atoms. The Kier molecular flexibility index (Phi) is 7.83. The van der Waals surface area contributed by atoms with Gasteiger partial charge in [-0.05, 0) is 70.9 Å². The number of unbranched alkanes of at least 4 members (excludes halogenated alkanes) is 5. The zero-order chi connectivity index (χ0) is 20.9. The molecule has 1 saturated heterocycles. The highest BCUT2D eigenvalue weighted by atomic mass is 32.1. The summed E-state index contributed by atoms with van der Waals surface area (Å²) in [7, 11) is -0.266. The Hall–Kier alpha value is -0.875. The van der Waals surface area contributed by atoms with Crippen LogP contribution < -0.4 is 4.78 Å². The van der Waals surface area contributed by atoms with E-state index in [2.05, 4.69) is 71.0 Å². The molecule has 0 atom stereocenters. The molecule has 1 fully saturated rings. The molecule has 0 unspecified atom stereocenters. The summed E-state index contributed by atoms with van der Waals surface area (Å²) in [5.41, 5.74) is -0.581. The summed E-state index contributed by atoms with van der Waals surface area (Å²) in [6.45, 7) is 10.7. The standard InChI is InChI=1S/C24H35BO2S2/c1-6-7-8-9-10-11-12-19-13-14-20(28-19)15-16-21-17-18-22(29-21)25-26-23(2,3)24(4,5)27-25/h13-18H,6-12H2,1-5H3. The number of thiophene rings is 2. The fourth-order valence-electron chi connectivity index (χ4n) is 3.41. The summed E-state index contributed by atoms with van der Waals surface area (Å²) >= 11 is 3.67. The van der Waals surface area contributed by atoms with Gasteiger partial charge in [0, 0.05) is 19.4 Å². The van der Waals surface area contributed by atoms with Gasteiger partial charge < -0.3 is 9.31 Å². The maximum atomic E-state index is 6.16. The average Bonchev–Trinajstić information content (AvgIpc) is 3.35. The van der Waals surface area contributed by atoms with Crippen LogP contribution in [0.5, 0.6) is 0 Å². The van der Waals surface area contributed by atoms with Crippen molar-refractivity contribution in [3.8, 4) is 0 Å². The molecular weight excluding hydrogens is 395 g/mol. The van der Waals surface area contributed by atoms with Gasteiger partial charge in [-0.1, -0.05) is 45.1 Å². The van der Waals surface area contributed by atoms with Crippen LogP contribution in [-0.4, -0.2) is 18.3 Å². The molecular formula is C24H35BO2S2. The first-order valence-corrected chi connectivity index (χ1v) is 12.7. The smallest absolute Gasteiger partial charge is 0.399 e. The molecule has 3 heterocycles. The molecule has 1 aliphatic rings. The van der Waals surface area contributed by atoms with Crippen molar-refractivity contribution < 1.29 is 9.31 Å². The van der Waals surface area contributed by atoms with Crippen LogP contribution in [0.3, 0.4) is 0 Å². The van der Waals surface area contributed by atoms with Gasteiger partial charge in [0.25, 0.3) is 0 Å². The van der Waals surface area contributed by atoms with Gasteiger partial charge in [-0.25, -0.2) is 0 Å². The van der Waals surface area contributed by atoms with Gasteiger partial charge in [0.15, 0.2) is 0 Å². The van der Waals surface area contributed by atoms with Crippen LogP contribution in [0.15, 0.2) is 24.3 Å². The first-order valence-electron chi connectivity index (χ1n) is 11.0. The van der Waals surface area contributed by atoms with E-state index in [1.54, 1.807) is 11.3 Å². The summed E-state index contributed by atoms with van der Waals surface area (Å²) in [5.74, 6) is 0. The van der Waals surface area contributed by atoms with Crippen LogP contribution in [-0.2, 0) is 15.7 Å².